The SMILES string of the molecule is O=C(CN1CCc2nc(NC(=O)c3ccco3)sc2C1)Nc1cccnc1. The fourth-order valence-corrected chi connectivity index (χ4v) is 3.89. The largest absolute Gasteiger partial charge is 0.459 e. The lowest BCUT2D eigenvalue weighted by Crippen LogP contribution is -2.36. The maximum atomic E-state index is 12.2. The van der Waals surface area contributed by atoms with Crippen molar-refractivity contribution in [3.8, 4) is 0 Å². The molecule has 2 N–H and O–H groups in total. The highest BCUT2D eigenvalue weighted by Crippen LogP contribution is 2.28. The van der Waals surface area contributed by atoms with Gasteiger partial charge < -0.3 is 9.73 Å². The first kappa shape index (κ1) is 17.4. The summed E-state index contributed by atoms with van der Waals surface area (Å²) in [5.41, 5.74) is 1.65. The number of carbonyl (C=O) groups excluding carboxylic acids is 2. The molecule has 0 unspecified atom stereocenters. The van der Waals surface area contributed by atoms with Crippen molar-refractivity contribution in [1.82, 2.24) is 14.9 Å². The van der Waals surface area contributed by atoms with E-state index in [1.54, 1.807) is 36.7 Å². The number of fused-ring (bicyclic) bond motifs is 1. The molecule has 0 atom stereocenters. The summed E-state index contributed by atoms with van der Waals surface area (Å²) < 4.78 is 5.09. The number of hydrogen-bond donors (Lipinski definition) is 2. The van der Waals surface area contributed by atoms with Crippen LogP contribution in [0.2, 0.25) is 0 Å². The minimum absolute atomic E-state index is 0.0812. The highest BCUT2D eigenvalue weighted by Gasteiger charge is 2.23. The number of nitrogens with one attached hydrogen (secondary N) is 2. The van der Waals surface area contributed by atoms with Gasteiger partial charge in [-0.2, -0.15) is 0 Å². The first-order valence-corrected chi connectivity index (χ1v) is 9.25. The summed E-state index contributed by atoms with van der Waals surface area (Å²) in [6.07, 6.45) is 5.47. The van der Waals surface area contributed by atoms with E-state index in [2.05, 4.69) is 25.5 Å². The number of pyridine rings is 1. The molecular formula is C18H17N5O3S. The number of nitrogens with zero attached hydrogens (tertiary/aromatic N) is 3. The number of hydrogen-bond acceptors (Lipinski definition) is 7. The molecule has 1 aliphatic rings. The van der Waals surface area contributed by atoms with Crippen LogP contribution in [0.5, 0.6) is 0 Å². The quantitative estimate of drug-likeness (QED) is 0.702. The lowest BCUT2D eigenvalue weighted by molar-refractivity contribution is -0.117. The van der Waals surface area contributed by atoms with Crippen molar-refractivity contribution in [1.29, 1.82) is 0 Å². The smallest absolute Gasteiger partial charge is 0.293 e. The molecule has 0 radical (unpaired) electrons. The van der Waals surface area contributed by atoms with Crippen LogP contribution < -0.4 is 10.6 Å². The predicted molar refractivity (Wildman–Crippen MR) is 101 cm³/mol. The molecule has 0 bridgehead atoms. The van der Waals surface area contributed by atoms with E-state index < -0.39 is 0 Å². The van der Waals surface area contributed by atoms with E-state index >= 15 is 0 Å². The predicted octanol–water partition coefficient (Wildman–Crippen LogP) is 2.38. The van der Waals surface area contributed by atoms with Gasteiger partial charge in [0.2, 0.25) is 5.91 Å². The van der Waals surface area contributed by atoms with Gasteiger partial charge in [0, 0.05) is 30.6 Å². The summed E-state index contributed by atoms with van der Waals surface area (Å²) in [5, 5.41) is 6.14. The Labute approximate surface area is 159 Å². The van der Waals surface area contributed by atoms with Gasteiger partial charge in [0.15, 0.2) is 10.9 Å². The van der Waals surface area contributed by atoms with Crippen molar-refractivity contribution in [2.45, 2.75) is 13.0 Å². The lowest BCUT2D eigenvalue weighted by atomic mass is 10.2. The third-order valence-corrected chi connectivity index (χ3v) is 5.09. The molecule has 0 spiro atoms. The Bertz CT molecular complexity index is 939. The molecule has 0 saturated carbocycles. The Hall–Kier alpha value is -3.04. The molecule has 3 aromatic rings. The molecule has 8 nitrogen and oxygen atoms in total. The van der Waals surface area contributed by atoms with E-state index in [9.17, 15) is 9.59 Å². The first-order valence-electron chi connectivity index (χ1n) is 8.43. The van der Waals surface area contributed by atoms with Gasteiger partial charge in [0.05, 0.1) is 30.4 Å². The van der Waals surface area contributed by atoms with Gasteiger partial charge in [-0.05, 0) is 24.3 Å². The van der Waals surface area contributed by atoms with Gasteiger partial charge >= 0.3 is 0 Å². The molecule has 0 fully saturated rings. The number of thiazole rings is 1. The Morgan fingerprint density at radius 3 is 2.96 bits per heavy atom. The minimum Gasteiger partial charge on any atom is -0.459 e. The molecule has 1 aliphatic heterocycles. The summed E-state index contributed by atoms with van der Waals surface area (Å²) in [5.74, 6) is -0.155. The Kier molecular flexibility index (Phi) is 4.95. The summed E-state index contributed by atoms with van der Waals surface area (Å²) >= 11 is 1.43. The zero-order valence-corrected chi connectivity index (χ0v) is 15.2. The van der Waals surface area contributed by atoms with Crippen LogP contribution in [-0.4, -0.2) is 39.8 Å². The summed E-state index contributed by atoms with van der Waals surface area (Å²) in [6, 6.07) is 6.84. The normalized spacial score (nSPS) is 13.8. The number of amides is 2. The molecule has 4 rings (SSSR count). The molecular weight excluding hydrogens is 366 g/mol. The van der Waals surface area contributed by atoms with Crippen LogP contribution in [0.25, 0.3) is 0 Å². The number of furan rings is 1. The van der Waals surface area contributed by atoms with Crippen LogP contribution in [-0.2, 0) is 17.8 Å². The molecule has 0 saturated heterocycles. The number of carbonyl (C=O) groups is 2. The first-order chi connectivity index (χ1) is 13.2. The van der Waals surface area contributed by atoms with E-state index in [1.165, 1.54) is 17.6 Å². The standard InChI is InChI=1S/C18H17N5O3S/c24-16(20-12-3-1-6-19-9-12)11-23-7-5-13-15(10-23)27-18(21-13)22-17(25)14-4-2-8-26-14/h1-4,6,8-9H,5,7,10-11H2,(H,20,24)(H,21,22,25). The molecule has 3 aromatic heterocycles. The summed E-state index contributed by atoms with van der Waals surface area (Å²) in [4.78, 5) is 35.9. The van der Waals surface area contributed by atoms with E-state index in [0.717, 1.165) is 23.5 Å². The van der Waals surface area contributed by atoms with E-state index in [-0.39, 0.29) is 17.6 Å². The molecule has 4 heterocycles. The van der Waals surface area contributed by atoms with Crippen molar-refractivity contribution in [3.63, 3.8) is 0 Å². The summed E-state index contributed by atoms with van der Waals surface area (Å²) in [7, 11) is 0. The number of anilines is 2. The minimum atomic E-state index is -0.321. The fraction of sp³-hybridized carbons (Fsp3) is 0.222. The zero-order chi connectivity index (χ0) is 18.6. The Morgan fingerprint density at radius 2 is 2.19 bits per heavy atom. The summed E-state index contributed by atoms with van der Waals surface area (Å²) in [6.45, 7) is 1.66. The van der Waals surface area contributed by atoms with E-state index in [4.69, 9.17) is 4.42 Å². The van der Waals surface area contributed by atoms with Gasteiger partial charge in [-0.15, -0.1) is 11.3 Å². The third kappa shape index (κ3) is 4.21. The highest BCUT2D eigenvalue weighted by atomic mass is 32.1. The second-order valence-electron chi connectivity index (χ2n) is 6.07. The van der Waals surface area contributed by atoms with Crippen LogP contribution >= 0.6 is 11.3 Å². The topological polar surface area (TPSA) is 100 Å². The van der Waals surface area contributed by atoms with Crippen molar-refractivity contribution in [2.75, 3.05) is 23.7 Å². The molecule has 27 heavy (non-hydrogen) atoms. The van der Waals surface area contributed by atoms with Crippen LogP contribution in [0.4, 0.5) is 10.8 Å². The van der Waals surface area contributed by atoms with Gasteiger partial charge in [-0.25, -0.2) is 4.98 Å². The second kappa shape index (κ2) is 7.68. The monoisotopic (exact) mass is 383 g/mol. The average molecular weight is 383 g/mol. The molecule has 138 valence electrons. The molecule has 2 amide bonds. The van der Waals surface area contributed by atoms with Gasteiger partial charge in [-0.1, -0.05) is 0 Å². The van der Waals surface area contributed by atoms with Crippen LogP contribution in [0.15, 0.2) is 47.3 Å². The van der Waals surface area contributed by atoms with Crippen LogP contribution in [0.3, 0.4) is 0 Å². The van der Waals surface area contributed by atoms with Crippen LogP contribution in [0.1, 0.15) is 21.1 Å². The third-order valence-electron chi connectivity index (χ3n) is 4.09. The number of aromatic nitrogens is 2. The van der Waals surface area contributed by atoms with E-state index in [1.807, 2.05) is 0 Å². The zero-order valence-electron chi connectivity index (χ0n) is 14.3. The lowest BCUT2D eigenvalue weighted by Gasteiger charge is -2.25. The molecule has 0 aromatic carbocycles. The Morgan fingerprint density at radius 1 is 1.26 bits per heavy atom. The van der Waals surface area contributed by atoms with Crippen LogP contribution in [0, 0.1) is 0 Å². The van der Waals surface area contributed by atoms with Crippen molar-refractivity contribution < 1.29 is 14.0 Å². The van der Waals surface area contributed by atoms with Crippen molar-refractivity contribution >= 4 is 34.0 Å². The van der Waals surface area contributed by atoms with Gasteiger partial charge in [0.1, 0.15) is 0 Å². The van der Waals surface area contributed by atoms with E-state index in [0.29, 0.717) is 23.9 Å². The average Bonchev–Trinajstić information content (AvgIpc) is 3.31. The van der Waals surface area contributed by atoms with Crippen molar-refractivity contribution in [3.05, 3.63) is 59.3 Å². The highest BCUT2D eigenvalue weighted by molar-refractivity contribution is 7.15. The second-order valence-corrected chi connectivity index (χ2v) is 7.15. The van der Waals surface area contributed by atoms with Gasteiger partial charge in [0.25, 0.3) is 5.91 Å². The van der Waals surface area contributed by atoms with Gasteiger partial charge in [-0.3, -0.25) is 24.8 Å². The molecule has 9 heteroatoms. The maximum Gasteiger partial charge on any atom is 0.293 e. The Balaban J connectivity index is 1.35. The fourth-order valence-electron chi connectivity index (χ4n) is 2.84. The van der Waals surface area contributed by atoms with Crippen molar-refractivity contribution in [2.24, 2.45) is 0 Å². The number of rotatable bonds is 5. The molecule has 0 aliphatic carbocycles. The maximum absolute atomic E-state index is 12.2.